The Morgan fingerprint density at radius 1 is 0.333 bits per heavy atom. The second-order valence-corrected chi connectivity index (χ2v) is 7.77. The van der Waals surface area contributed by atoms with Gasteiger partial charge in [0.2, 0.25) is 0 Å². The van der Waals surface area contributed by atoms with Gasteiger partial charge < -0.3 is 0 Å². The Bertz CT molecular complexity index is 1270. The number of nitrogens with zero attached hydrogens (tertiary/aromatic N) is 6. The lowest BCUT2D eigenvalue weighted by Gasteiger charge is -2.07. The summed E-state index contributed by atoms with van der Waals surface area (Å²) < 4.78 is 0. The van der Waals surface area contributed by atoms with Gasteiger partial charge in [0.15, 0.2) is 0 Å². The van der Waals surface area contributed by atoms with Crippen molar-refractivity contribution in [1.29, 1.82) is 0 Å². The van der Waals surface area contributed by atoms with Crippen molar-refractivity contribution in [2.75, 3.05) is 0 Å². The van der Waals surface area contributed by atoms with Gasteiger partial charge >= 0.3 is 0 Å². The molecule has 0 saturated heterocycles. The maximum atomic E-state index is 4.46. The molecule has 0 saturated carbocycles. The van der Waals surface area contributed by atoms with E-state index in [4.69, 9.17) is 0 Å². The Kier molecular flexibility index (Phi) is 7.15. The molecule has 0 spiro atoms. The molecule has 0 aliphatic rings. The molecule has 172 valence electrons. The highest BCUT2D eigenvalue weighted by Crippen LogP contribution is 2.29. The van der Waals surface area contributed by atoms with E-state index in [2.05, 4.69) is 29.9 Å². The van der Waals surface area contributed by atoms with E-state index in [1.165, 1.54) is 0 Å². The van der Waals surface area contributed by atoms with Crippen LogP contribution >= 0.6 is 0 Å². The maximum absolute atomic E-state index is 4.46. The summed E-state index contributed by atoms with van der Waals surface area (Å²) in [6.45, 7) is 0. The molecule has 0 aromatic carbocycles. The van der Waals surface area contributed by atoms with Crippen LogP contribution in [0.3, 0.4) is 0 Å². The van der Waals surface area contributed by atoms with E-state index in [-0.39, 0.29) is 0 Å². The average Bonchev–Trinajstić information content (AvgIpc) is 2.99. The van der Waals surface area contributed by atoms with Crippen LogP contribution in [-0.4, -0.2) is 29.9 Å². The summed E-state index contributed by atoms with van der Waals surface area (Å²) in [5.74, 6) is 0. The van der Waals surface area contributed by atoms with E-state index >= 15 is 0 Å². The Balaban J connectivity index is 0.000000148. The van der Waals surface area contributed by atoms with Gasteiger partial charge in [0.05, 0.1) is 11.4 Å². The molecule has 0 aliphatic carbocycles. The van der Waals surface area contributed by atoms with Gasteiger partial charge in [0.1, 0.15) is 0 Å². The zero-order valence-electron chi connectivity index (χ0n) is 19.4. The van der Waals surface area contributed by atoms with E-state index in [9.17, 15) is 0 Å². The van der Waals surface area contributed by atoms with E-state index in [0.717, 1.165) is 44.8 Å². The van der Waals surface area contributed by atoms with Gasteiger partial charge in [-0.2, -0.15) is 0 Å². The first-order valence-electron chi connectivity index (χ1n) is 11.4. The summed E-state index contributed by atoms with van der Waals surface area (Å²) in [6, 6.07) is 23.7. The van der Waals surface area contributed by atoms with Gasteiger partial charge in [0, 0.05) is 95.3 Å². The van der Waals surface area contributed by atoms with Gasteiger partial charge in [-0.3, -0.25) is 29.9 Å². The van der Waals surface area contributed by atoms with Crippen LogP contribution in [0.1, 0.15) is 0 Å². The van der Waals surface area contributed by atoms with Gasteiger partial charge in [0.25, 0.3) is 0 Å². The minimum Gasteiger partial charge on any atom is -0.264 e. The topological polar surface area (TPSA) is 77.3 Å². The number of rotatable bonds is 4. The Labute approximate surface area is 209 Å². The zero-order chi connectivity index (χ0) is 24.4. The monoisotopic (exact) mass is 466 g/mol. The summed E-state index contributed by atoms with van der Waals surface area (Å²) in [5.41, 5.74) is 8.14. The second kappa shape index (κ2) is 11.4. The molecule has 0 N–H and O–H groups in total. The first kappa shape index (κ1) is 22.7. The summed E-state index contributed by atoms with van der Waals surface area (Å²) >= 11 is 0. The molecule has 0 fully saturated rings. The molecule has 36 heavy (non-hydrogen) atoms. The lowest BCUT2D eigenvalue weighted by molar-refractivity contribution is 1.27. The maximum Gasteiger partial charge on any atom is 0.0796 e. The Morgan fingerprint density at radius 2 is 0.667 bits per heavy atom. The Morgan fingerprint density at radius 3 is 1.00 bits per heavy atom. The molecule has 6 heterocycles. The number of pyridine rings is 6. The van der Waals surface area contributed by atoms with Gasteiger partial charge in [-0.15, -0.1) is 0 Å². The molecule has 0 aliphatic heterocycles. The highest BCUT2D eigenvalue weighted by Gasteiger charge is 2.09. The SMILES string of the molecule is c1cncc(-c2cccnc2-c2cccnc2)c1.c1cncc(-c2cccnc2-c2cccnc2)c1. The molecule has 0 unspecified atom stereocenters. The quantitative estimate of drug-likeness (QED) is 0.299. The van der Waals surface area contributed by atoms with Crippen molar-refractivity contribution in [2.24, 2.45) is 0 Å². The first-order valence-corrected chi connectivity index (χ1v) is 11.4. The van der Waals surface area contributed by atoms with Crippen LogP contribution in [0.15, 0.2) is 135 Å². The fraction of sp³-hybridized carbons (Fsp3) is 0. The molecular weight excluding hydrogens is 444 g/mol. The van der Waals surface area contributed by atoms with E-state index in [1.807, 2.05) is 97.6 Å². The molecule has 0 atom stereocenters. The average molecular weight is 467 g/mol. The van der Waals surface area contributed by atoms with E-state index in [0.29, 0.717) is 0 Å². The molecule has 6 rings (SSSR count). The van der Waals surface area contributed by atoms with Crippen molar-refractivity contribution in [3.8, 4) is 44.8 Å². The fourth-order valence-electron chi connectivity index (χ4n) is 3.79. The molecule has 0 radical (unpaired) electrons. The van der Waals surface area contributed by atoms with Crippen LogP contribution in [-0.2, 0) is 0 Å². The molecule has 6 nitrogen and oxygen atoms in total. The van der Waals surface area contributed by atoms with Crippen LogP contribution in [0, 0.1) is 0 Å². The second-order valence-electron chi connectivity index (χ2n) is 7.77. The van der Waals surface area contributed by atoms with Crippen LogP contribution in [0.5, 0.6) is 0 Å². The van der Waals surface area contributed by atoms with Crippen molar-refractivity contribution in [3.63, 3.8) is 0 Å². The van der Waals surface area contributed by atoms with Crippen molar-refractivity contribution >= 4 is 0 Å². The molecule has 6 aromatic rings. The highest BCUT2D eigenvalue weighted by atomic mass is 14.7. The third kappa shape index (κ3) is 5.34. The lowest BCUT2D eigenvalue weighted by atomic mass is 10.0. The normalized spacial score (nSPS) is 10.2. The van der Waals surface area contributed by atoms with Gasteiger partial charge in [-0.05, 0) is 48.5 Å². The predicted octanol–water partition coefficient (Wildman–Crippen LogP) is 6.41. The minimum atomic E-state index is 0.929. The number of aromatic nitrogens is 6. The molecular formula is C30H22N6. The third-order valence-corrected chi connectivity index (χ3v) is 5.43. The van der Waals surface area contributed by atoms with Crippen LogP contribution < -0.4 is 0 Å². The van der Waals surface area contributed by atoms with Crippen LogP contribution in [0.4, 0.5) is 0 Å². The third-order valence-electron chi connectivity index (χ3n) is 5.43. The van der Waals surface area contributed by atoms with Crippen LogP contribution in [0.25, 0.3) is 44.8 Å². The lowest BCUT2D eigenvalue weighted by Crippen LogP contribution is -1.89. The standard InChI is InChI=1S/2C15H11N3/c2*1-4-12(10-16-7-1)14-6-3-9-18-15(14)13-5-2-8-17-11-13/h2*1-11H. The van der Waals surface area contributed by atoms with Crippen molar-refractivity contribution in [2.45, 2.75) is 0 Å². The molecule has 0 amide bonds. The number of hydrogen-bond donors (Lipinski definition) is 0. The summed E-state index contributed by atoms with van der Waals surface area (Å²) in [7, 11) is 0. The van der Waals surface area contributed by atoms with Crippen LogP contribution in [0.2, 0.25) is 0 Å². The molecule has 6 aromatic heterocycles. The van der Waals surface area contributed by atoms with E-state index in [1.54, 1.807) is 37.2 Å². The molecule has 6 heteroatoms. The summed E-state index contributed by atoms with van der Waals surface area (Å²) in [5, 5.41) is 0. The summed E-state index contributed by atoms with van der Waals surface area (Å²) in [6.07, 6.45) is 18.0. The van der Waals surface area contributed by atoms with Crippen molar-refractivity contribution in [3.05, 3.63) is 135 Å². The largest absolute Gasteiger partial charge is 0.264 e. The zero-order valence-corrected chi connectivity index (χ0v) is 19.4. The Hall–Kier alpha value is -5.10. The van der Waals surface area contributed by atoms with Crippen molar-refractivity contribution in [1.82, 2.24) is 29.9 Å². The minimum absolute atomic E-state index is 0.929. The van der Waals surface area contributed by atoms with Gasteiger partial charge in [-0.25, -0.2) is 0 Å². The number of hydrogen-bond acceptors (Lipinski definition) is 6. The summed E-state index contributed by atoms with van der Waals surface area (Å²) in [4.78, 5) is 25.5. The van der Waals surface area contributed by atoms with Gasteiger partial charge in [-0.1, -0.05) is 24.3 Å². The predicted molar refractivity (Wildman–Crippen MR) is 141 cm³/mol. The smallest absolute Gasteiger partial charge is 0.0796 e. The first-order chi connectivity index (χ1) is 17.9. The van der Waals surface area contributed by atoms with Crippen molar-refractivity contribution < 1.29 is 0 Å². The fourth-order valence-corrected chi connectivity index (χ4v) is 3.79. The molecule has 0 bridgehead atoms. The highest BCUT2D eigenvalue weighted by molar-refractivity contribution is 5.80. The van der Waals surface area contributed by atoms with E-state index < -0.39 is 0 Å².